The number of nitrogens with one attached hydrogen (secondary N) is 1. The summed E-state index contributed by atoms with van der Waals surface area (Å²) in [4.78, 5) is 12.5. The Morgan fingerprint density at radius 3 is 2.74 bits per heavy atom. The predicted octanol–water partition coefficient (Wildman–Crippen LogP) is 1.58. The number of hydrogen-bond donors (Lipinski definition) is 2. The van der Waals surface area contributed by atoms with Crippen LogP contribution in [0.1, 0.15) is 17.3 Å². The van der Waals surface area contributed by atoms with Gasteiger partial charge in [0.25, 0.3) is 0 Å². The van der Waals surface area contributed by atoms with E-state index in [2.05, 4.69) is 20.4 Å². The van der Waals surface area contributed by atoms with Crippen molar-refractivity contribution in [2.75, 3.05) is 0 Å². The summed E-state index contributed by atoms with van der Waals surface area (Å²) < 4.78 is 0. The first kappa shape index (κ1) is 11.7. The molecule has 0 amide bonds. The smallest absolute Gasteiger partial charge is 0.115 e. The number of nitrogens with zero attached hydrogens (tertiary/aromatic N) is 3. The Morgan fingerprint density at radius 2 is 1.95 bits per heavy atom. The van der Waals surface area contributed by atoms with Crippen LogP contribution in [-0.4, -0.2) is 15.0 Å². The van der Waals surface area contributed by atoms with Gasteiger partial charge >= 0.3 is 0 Å². The summed E-state index contributed by atoms with van der Waals surface area (Å²) in [6.07, 6.45) is 5.00. The van der Waals surface area contributed by atoms with E-state index >= 15 is 0 Å². The van der Waals surface area contributed by atoms with Crippen molar-refractivity contribution in [3.8, 4) is 0 Å². The lowest BCUT2D eigenvalue weighted by Crippen LogP contribution is -2.29. The van der Waals surface area contributed by atoms with E-state index in [4.69, 9.17) is 5.84 Å². The Kier molecular flexibility index (Phi) is 3.14. The van der Waals surface area contributed by atoms with Crippen LogP contribution in [0.15, 0.2) is 55.1 Å². The van der Waals surface area contributed by atoms with Crippen molar-refractivity contribution in [2.45, 2.75) is 6.04 Å². The fourth-order valence-electron chi connectivity index (χ4n) is 2.19. The largest absolute Gasteiger partial charge is 0.271 e. The summed E-state index contributed by atoms with van der Waals surface area (Å²) in [5.74, 6) is 5.70. The van der Waals surface area contributed by atoms with Gasteiger partial charge in [0.05, 0.1) is 17.3 Å². The first-order valence-corrected chi connectivity index (χ1v) is 5.96. The van der Waals surface area contributed by atoms with Crippen molar-refractivity contribution in [1.82, 2.24) is 20.4 Å². The highest BCUT2D eigenvalue weighted by Gasteiger charge is 2.16. The normalized spacial score (nSPS) is 12.5. The number of rotatable bonds is 3. The minimum absolute atomic E-state index is 0.184. The van der Waals surface area contributed by atoms with Gasteiger partial charge in [-0.15, -0.1) is 0 Å². The SMILES string of the molecule is NNC(c1ccncn1)c1cccc2ncccc12. The summed E-state index contributed by atoms with van der Waals surface area (Å²) in [6, 6.07) is 11.6. The molecule has 0 bridgehead atoms. The van der Waals surface area contributed by atoms with Gasteiger partial charge in [-0.2, -0.15) is 0 Å². The van der Waals surface area contributed by atoms with Gasteiger partial charge in [-0.25, -0.2) is 15.4 Å². The van der Waals surface area contributed by atoms with Gasteiger partial charge in [-0.3, -0.25) is 10.8 Å². The average Bonchev–Trinajstić information content (AvgIpc) is 2.49. The molecule has 0 aliphatic carbocycles. The Labute approximate surface area is 110 Å². The molecule has 0 saturated heterocycles. The first-order chi connectivity index (χ1) is 9.40. The Balaban J connectivity index is 2.17. The van der Waals surface area contributed by atoms with Crippen molar-refractivity contribution < 1.29 is 0 Å². The maximum atomic E-state index is 5.70. The Morgan fingerprint density at radius 1 is 1.00 bits per heavy atom. The zero-order valence-corrected chi connectivity index (χ0v) is 10.2. The summed E-state index contributed by atoms with van der Waals surface area (Å²) >= 11 is 0. The molecule has 0 spiro atoms. The number of pyridine rings is 1. The van der Waals surface area contributed by atoms with E-state index in [1.807, 2.05) is 36.4 Å². The van der Waals surface area contributed by atoms with Gasteiger partial charge in [0, 0.05) is 17.8 Å². The van der Waals surface area contributed by atoms with Gasteiger partial charge in [0.2, 0.25) is 0 Å². The van der Waals surface area contributed by atoms with Crippen molar-refractivity contribution >= 4 is 10.9 Å². The number of nitrogens with two attached hydrogens (primary N) is 1. The Bertz CT molecular complexity index is 678. The van der Waals surface area contributed by atoms with Crippen molar-refractivity contribution in [3.63, 3.8) is 0 Å². The molecule has 19 heavy (non-hydrogen) atoms. The van der Waals surface area contributed by atoms with Crippen LogP contribution in [0.4, 0.5) is 0 Å². The molecule has 5 nitrogen and oxygen atoms in total. The number of fused-ring (bicyclic) bond motifs is 1. The van der Waals surface area contributed by atoms with Gasteiger partial charge in [0.1, 0.15) is 6.33 Å². The zero-order chi connectivity index (χ0) is 13.1. The van der Waals surface area contributed by atoms with Crippen LogP contribution in [0, 0.1) is 0 Å². The molecule has 0 radical (unpaired) electrons. The van der Waals surface area contributed by atoms with E-state index in [9.17, 15) is 0 Å². The van der Waals surface area contributed by atoms with E-state index in [1.165, 1.54) is 6.33 Å². The second-order valence-corrected chi connectivity index (χ2v) is 4.15. The number of aromatic nitrogens is 3. The summed E-state index contributed by atoms with van der Waals surface area (Å²) in [7, 11) is 0. The highest BCUT2D eigenvalue weighted by molar-refractivity contribution is 5.82. The monoisotopic (exact) mass is 251 g/mol. The minimum Gasteiger partial charge on any atom is -0.271 e. The maximum absolute atomic E-state index is 5.70. The molecule has 94 valence electrons. The highest BCUT2D eigenvalue weighted by Crippen LogP contribution is 2.26. The average molecular weight is 251 g/mol. The molecule has 1 aromatic carbocycles. The maximum Gasteiger partial charge on any atom is 0.115 e. The molecule has 3 rings (SSSR count). The zero-order valence-electron chi connectivity index (χ0n) is 10.2. The molecular weight excluding hydrogens is 238 g/mol. The number of hydrogen-bond acceptors (Lipinski definition) is 5. The van der Waals surface area contributed by atoms with Crippen LogP contribution in [0.2, 0.25) is 0 Å². The van der Waals surface area contributed by atoms with Crippen LogP contribution in [0.3, 0.4) is 0 Å². The van der Waals surface area contributed by atoms with Crippen molar-refractivity contribution in [3.05, 3.63) is 66.4 Å². The predicted molar refractivity (Wildman–Crippen MR) is 72.9 cm³/mol. The second-order valence-electron chi connectivity index (χ2n) is 4.15. The lowest BCUT2D eigenvalue weighted by molar-refractivity contribution is 0.622. The fraction of sp³-hybridized carbons (Fsp3) is 0.0714. The molecule has 3 aromatic rings. The molecule has 3 N–H and O–H groups in total. The van der Waals surface area contributed by atoms with Gasteiger partial charge in [0.15, 0.2) is 0 Å². The van der Waals surface area contributed by atoms with E-state index in [0.717, 1.165) is 22.2 Å². The molecule has 0 aliphatic heterocycles. The minimum atomic E-state index is -0.184. The molecule has 0 saturated carbocycles. The van der Waals surface area contributed by atoms with E-state index in [-0.39, 0.29) is 6.04 Å². The third-order valence-corrected chi connectivity index (χ3v) is 3.06. The standard InChI is InChI=1S/C14H13N5/c15-19-14(13-6-8-16-9-18-13)11-3-1-5-12-10(11)4-2-7-17-12/h1-9,14,19H,15H2. The summed E-state index contributed by atoms with van der Waals surface area (Å²) in [5.41, 5.74) is 5.62. The van der Waals surface area contributed by atoms with Gasteiger partial charge in [-0.1, -0.05) is 18.2 Å². The van der Waals surface area contributed by atoms with E-state index in [1.54, 1.807) is 12.4 Å². The molecule has 0 aliphatic rings. The molecule has 2 heterocycles. The van der Waals surface area contributed by atoms with Crippen LogP contribution in [-0.2, 0) is 0 Å². The van der Waals surface area contributed by atoms with Gasteiger partial charge in [-0.05, 0) is 23.8 Å². The number of hydrazine groups is 1. The summed E-state index contributed by atoms with van der Waals surface area (Å²) in [6.45, 7) is 0. The molecule has 0 fully saturated rings. The highest BCUT2D eigenvalue weighted by atomic mass is 15.2. The Hall–Kier alpha value is -2.37. The molecule has 1 atom stereocenters. The van der Waals surface area contributed by atoms with Crippen LogP contribution in [0.5, 0.6) is 0 Å². The summed E-state index contributed by atoms with van der Waals surface area (Å²) in [5, 5.41) is 1.06. The van der Waals surface area contributed by atoms with E-state index < -0.39 is 0 Å². The molecule has 1 unspecified atom stereocenters. The third kappa shape index (κ3) is 2.16. The molecule has 2 aromatic heterocycles. The lowest BCUT2D eigenvalue weighted by Gasteiger charge is -2.17. The molecule has 5 heteroatoms. The number of benzene rings is 1. The quantitative estimate of drug-likeness (QED) is 0.546. The second kappa shape index (κ2) is 5.09. The fourth-order valence-corrected chi connectivity index (χ4v) is 2.19. The van der Waals surface area contributed by atoms with Crippen molar-refractivity contribution in [2.24, 2.45) is 5.84 Å². The van der Waals surface area contributed by atoms with Crippen molar-refractivity contribution in [1.29, 1.82) is 0 Å². The first-order valence-electron chi connectivity index (χ1n) is 5.96. The van der Waals surface area contributed by atoms with Crippen LogP contribution >= 0.6 is 0 Å². The molecular formula is C14H13N5. The topological polar surface area (TPSA) is 76.7 Å². The van der Waals surface area contributed by atoms with E-state index in [0.29, 0.717) is 0 Å². The third-order valence-electron chi connectivity index (χ3n) is 3.06. The van der Waals surface area contributed by atoms with Crippen LogP contribution < -0.4 is 11.3 Å². The lowest BCUT2D eigenvalue weighted by atomic mass is 9.99. The van der Waals surface area contributed by atoms with Gasteiger partial charge < -0.3 is 0 Å². The van der Waals surface area contributed by atoms with Crippen LogP contribution in [0.25, 0.3) is 10.9 Å².